The Morgan fingerprint density at radius 1 is 1.10 bits per heavy atom. The van der Waals surface area contributed by atoms with E-state index in [4.69, 9.17) is 0 Å². The molecule has 1 amide bonds. The summed E-state index contributed by atoms with van der Waals surface area (Å²) < 4.78 is 16.3. The number of aromatic nitrogens is 3. The maximum Gasteiger partial charge on any atom is 0.348 e. The summed E-state index contributed by atoms with van der Waals surface area (Å²) in [6.07, 6.45) is 2.59. The van der Waals surface area contributed by atoms with Gasteiger partial charge >= 0.3 is 5.69 Å². The van der Waals surface area contributed by atoms with Crippen molar-refractivity contribution in [2.75, 3.05) is 13.1 Å². The average Bonchev–Trinajstić information content (AvgIpc) is 3.36. The Morgan fingerprint density at radius 3 is 2.53 bits per heavy atom. The van der Waals surface area contributed by atoms with E-state index >= 15 is 4.39 Å². The van der Waals surface area contributed by atoms with Gasteiger partial charge < -0.3 is 10.0 Å². The number of phenolic OH excluding ortho intramolecular Hbond substituents is 1. The molecule has 30 heavy (non-hydrogen) atoms. The lowest BCUT2D eigenvalue weighted by Gasteiger charge is -2.16. The molecule has 1 aromatic heterocycles. The third-order valence-electron chi connectivity index (χ3n) is 5.88. The molecule has 0 bridgehead atoms. The lowest BCUT2D eigenvalue weighted by Crippen LogP contribution is -2.30. The summed E-state index contributed by atoms with van der Waals surface area (Å²) in [5, 5.41) is 16.0. The van der Waals surface area contributed by atoms with Crippen LogP contribution in [0, 0.1) is 11.7 Å². The smallest absolute Gasteiger partial charge is 0.348 e. The Hall–Kier alpha value is -3.42. The van der Waals surface area contributed by atoms with Crippen molar-refractivity contribution in [2.45, 2.75) is 25.2 Å². The van der Waals surface area contributed by atoms with Gasteiger partial charge in [0.1, 0.15) is 17.4 Å². The van der Waals surface area contributed by atoms with Crippen molar-refractivity contribution in [1.82, 2.24) is 19.7 Å². The van der Waals surface area contributed by atoms with Crippen LogP contribution in [-0.2, 0) is 4.79 Å². The number of phenols is 1. The van der Waals surface area contributed by atoms with E-state index in [1.54, 1.807) is 24.3 Å². The summed E-state index contributed by atoms with van der Waals surface area (Å²) in [7, 11) is 0. The molecular weight excluding hydrogens is 387 g/mol. The molecule has 2 fully saturated rings. The van der Waals surface area contributed by atoms with Crippen molar-refractivity contribution < 1.29 is 14.3 Å². The van der Waals surface area contributed by atoms with Crippen molar-refractivity contribution in [3.05, 3.63) is 64.6 Å². The van der Waals surface area contributed by atoms with E-state index in [1.165, 1.54) is 22.8 Å². The Morgan fingerprint density at radius 2 is 1.83 bits per heavy atom. The van der Waals surface area contributed by atoms with Gasteiger partial charge in [-0.1, -0.05) is 18.2 Å². The number of carbonyl (C=O) groups is 1. The van der Waals surface area contributed by atoms with Gasteiger partial charge in [0.2, 0.25) is 5.91 Å². The van der Waals surface area contributed by atoms with Crippen molar-refractivity contribution in [2.24, 2.45) is 5.92 Å². The first kappa shape index (κ1) is 18.6. The number of nitrogens with zero attached hydrogens (tertiary/aromatic N) is 3. The van der Waals surface area contributed by atoms with Gasteiger partial charge in [0.25, 0.3) is 0 Å². The summed E-state index contributed by atoms with van der Waals surface area (Å²) in [6, 6.07) is 11.1. The van der Waals surface area contributed by atoms with Gasteiger partial charge in [-0.2, -0.15) is 5.10 Å². The molecule has 1 saturated carbocycles. The van der Waals surface area contributed by atoms with E-state index in [2.05, 4.69) is 10.2 Å². The molecule has 154 valence electrons. The molecule has 1 saturated heterocycles. The fourth-order valence-corrected chi connectivity index (χ4v) is 4.10. The number of hydrogen-bond acceptors (Lipinski definition) is 4. The van der Waals surface area contributed by atoms with Crippen LogP contribution in [0.25, 0.3) is 16.8 Å². The number of amides is 1. The molecule has 1 aliphatic heterocycles. The molecular formula is C22H21FN4O3. The van der Waals surface area contributed by atoms with Gasteiger partial charge in [-0.3, -0.25) is 4.79 Å². The third kappa shape index (κ3) is 3.28. The Labute approximate surface area is 171 Å². The molecule has 0 spiro atoms. The Kier molecular flexibility index (Phi) is 4.42. The lowest BCUT2D eigenvalue weighted by molar-refractivity contribution is -0.131. The van der Waals surface area contributed by atoms with Crippen molar-refractivity contribution in [3.8, 4) is 22.6 Å². The zero-order valence-corrected chi connectivity index (χ0v) is 16.2. The molecule has 2 heterocycles. The number of aromatic hydroxyl groups is 1. The normalized spacial score (nSPS) is 18.7. The van der Waals surface area contributed by atoms with Crippen molar-refractivity contribution in [3.63, 3.8) is 0 Å². The second kappa shape index (κ2) is 7.12. The molecule has 2 aliphatic rings. The number of hydrogen-bond donors (Lipinski definition) is 2. The van der Waals surface area contributed by atoms with Gasteiger partial charge in [-0.15, -0.1) is 0 Å². The van der Waals surface area contributed by atoms with Gasteiger partial charge in [-0.25, -0.2) is 18.9 Å². The topological polar surface area (TPSA) is 91.2 Å². The highest BCUT2D eigenvalue weighted by Crippen LogP contribution is 2.35. The SMILES string of the molecule is O=C(C1CC1)N1CCC(c2n[nH]c(=O)n2-c2ccc(-c3ccc(O)cc3)cc2F)C1. The Balaban J connectivity index is 1.45. The number of benzene rings is 2. The van der Waals surface area contributed by atoms with E-state index in [0.29, 0.717) is 30.9 Å². The van der Waals surface area contributed by atoms with E-state index in [-0.39, 0.29) is 29.2 Å². The fourth-order valence-electron chi connectivity index (χ4n) is 4.10. The Bertz CT molecular complexity index is 1160. The molecule has 2 N–H and O–H groups in total. The van der Waals surface area contributed by atoms with Gasteiger partial charge in [-0.05, 0) is 54.7 Å². The molecule has 5 rings (SSSR count). The first-order valence-electron chi connectivity index (χ1n) is 10.1. The summed E-state index contributed by atoms with van der Waals surface area (Å²) >= 11 is 0. The number of rotatable bonds is 4. The molecule has 3 aromatic rings. The number of halogens is 1. The summed E-state index contributed by atoms with van der Waals surface area (Å²) in [6.45, 7) is 1.12. The minimum Gasteiger partial charge on any atom is -0.508 e. The summed E-state index contributed by atoms with van der Waals surface area (Å²) in [4.78, 5) is 26.6. The van der Waals surface area contributed by atoms with Gasteiger partial charge in [0.05, 0.1) is 5.69 Å². The number of aromatic amines is 1. The number of carbonyl (C=O) groups excluding carboxylic acids is 1. The second-order valence-electron chi connectivity index (χ2n) is 7.98. The second-order valence-corrected chi connectivity index (χ2v) is 7.98. The van der Waals surface area contributed by atoms with E-state index in [1.807, 2.05) is 4.90 Å². The highest BCUT2D eigenvalue weighted by molar-refractivity contribution is 5.81. The highest BCUT2D eigenvalue weighted by atomic mass is 19.1. The van der Waals surface area contributed by atoms with Crippen LogP contribution >= 0.6 is 0 Å². The van der Waals surface area contributed by atoms with Crippen LogP contribution in [0.1, 0.15) is 31.0 Å². The monoisotopic (exact) mass is 408 g/mol. The van der Waals surface area contributed by atoms with Gasteiger partial charge in [0, 0.05) is 24.9 Å². The molecule has 1 atom stereocenters. The van der Waals surface area contributed by atoms with Gasteiger partial charge in [0.15, 0.2) is 0 Å². The molecule has 1 unspecified atom stereocenters. The first-order valence-corrected chi connectivity index (χ1v) is 10.1. The maximum absolute atomic E-state index is 15.0. The molecule has 7 nitrogen and oxygen atoms in total. The first-order chi connectivity index (χ1) is 14.5. The maximum atomic E-state index is 15.0. The average molecular weight is 408 g/mol. The number of nitrogens with one attached hydrogen (secondary N) is 1. The highest BCUT2D eigenvalue weighted by Gasteiger charge is 2.38. The summed E-state index contributed by atoms with van der Waals surface area (Å²) in [5.41, 5.74) is 1.01. The van der Waals surface area contributed by atoms with Crippen LogP contribution in [0.15, 0.2) is 47.3 Å². The summed E-state index contributed by atoms with van der Waals surface area (Å²) in [5.74, 6) is 0.233. The standard InChI is InChI=1S/C22H21FN4O3/c23-18-11-15(13-3-6-17(28)7-4-13)5-8-19(18)27-20(24-25-22(27)30)16-9-10-26(12-16)21(29)14-1-2-14/h3-8,11,14,16,28H,1-2,9-10,12H2,(H,25,30). The van der Waals surface area contributed by atoms with Crippen molar-refractivity contribution >= 4 is 5.91 Å². The van der Waals surface area contributed by atoms with Crippen LogP contribution in [-0.4, -0.2) is 43.8 Å². The van der Waals surface area contributed by atoms with Crippen LogP contribution in [0.4, 0.5) is 4.39 Å². The fraction of sp³-hybridized carbons (Fsp3) is 0.318. The predicted molar refractivity (Wildman–Crippen MR) is 108 cm³/mol. The molecule has 2 aromatic carbocycles. The van der Waals surface area contributed by atoms with Crippen LogP contribution in [0.3, 0.4) is 0 Å². The van der Waals surface area contributed by atoms with Crippen LogP contribution in [0.2, 0.25) is 0 Å². The minimum absolute atomic E-state index is 0.122. The van der Waals surface area contributed by atoms with Crippen LogP contribution < -0.4 is 5.69 Å². The number of likely N-dealkylation sites (tertiary alicyclic amines) is 1. The van der Waals surface area contributed by atoms with E-state index < -0.39 is 11.5 Å². The van der Waals surface area contributed by atoms with Crippen LogP contribution in [0.5, 0.6) is 5.75 Å². The minimum atomic E-state index is -0.547. The quantitative estimate of drug-likeness (QED) is 0.695. The zero-order valence-electron chi connectivity index (χ0n) is 16.2. The number of H-pyrrole nitrogens is 1. The largest absolute Gasteiger partial charge is 0.508 e. The van der Waals surface area contributed by atoms with Crippen molar-refractivity contribution in [1.29, 1.82) is 0 Å². The van der Waals surface area contributed by atoms with E-state index in [0.717, 1.165) is 18.4 Å². The molecule has 0 radical (unpaired) electrons. The third-order valence-corrected chi connectivity index (χ3v) is 5.88. The molecule has 1 aliphatic carbocycles. The zero-order chi connectivity index (χ0) is 20.8. The lowest BCUT2D eigenvalue weighted by atomic mass is 10.0. The predicted octanol–water partition coefficient (Wildman–Crippen LogP) is 2.80. The molecule has 8 heteroatoms. The van der Waals surface area contributed by atoms with E-state index in [9.17, 15) is 14.7 Å².